The summed E-state index contributed by atoms with van der Waals surface area (Å²) in [6.07, 6.45) is 2.15. The van der Waals surface area contributed by atoms with Crippen molar-refractivity contribution in [3.8, 4) is 45.4 Å². The molecule has 57 heavy (non-hydrogen) atoms. The molecule has 10 nitrogen and oxygen atoms in total. The molecule has 0 radical (unpaired) electrons. The number of rotatable bonds is 11. The van der Waals surface area contributed by atoms with E-state index in [1.54, 1.807) is 18.9 Å². The summed E-state index contributed by atoms with van der Waals surface area (Å²) >= 11 is 3.37. The minimum Gasteiger partial charge on any atom is -0.497 e. The topological polar surface area (TPSA) is 106 Å². The molecule has 8 aromatic rings. The lowest BCUT2D eigenvalue weighted by Crippen LogP contribution is -2.05. The number of benzene rings is 6. The normalized spacial score (nSPS) is 10.5. The van der Waals surface area contributed by atoms with E-state index in [-0.39, 0.29) is 0 Å². The molecule has 288 valence electrons. The van der Waals surface area contributed by atoms with Gasteiger partial charge in [-0.25, -0.2) is 9.36 Å². The molecule has 0 saturated carbocycles. The van der Waals surface area contributed by atoms with Gasteiger partial charge in [0.25, 0.3) is 0 Å². The first-order valence-corrected chi connectivity index (χ1v) is 19.5. The van der Waals surface area contributed by atoms with Crippen LogP contribution in [0.2, 0.25) is 0 Å². The van der Waals surface area contributed by atoms with E-state index in [0.717, 1.165) is 73.8 Å². The van der Waals surface area contributed by atoms with Gasteiger partial charge in [0.1, 0.15) is 11.5 Å². The Hall–Kier alpha value is -6.46. The highest BCUT2D eigenvalue weighted by Crippen LogP contribution is 2.31. The highest BCUT2D eigenvalue weighted by Gasteiger charge is 2.15. The standard InChI is InChI=1S/C23H22N4O.C15H14N4O.C8H9Br/c1-3-17-8-12-19(13-9-17)21-6-4-5-7-22(21)23-24-25-26-27(23)16-18-10-14-20(28-2)15-11-18;1-20-14-9-7-12(8-10-14)11-19-15(16-17-18-19)13-5-3-2-4-6-13;1-2-7-3-5-8(9)6-4-7/h4-15H,3,16H2,1-2H3;2-10H,11H2,1H3;3-6H,2H2,1H3. The first-order valence-electron chi connectivity index (χ1n) is 18.7. The molecule has 0 aliphatic heterocycles. The molecule has 2 aromatic heterocycles. The van der Waals surface area contributed by atoms with Crippen molar-refractivity contribution in [1.82, 2.24) is 40.4 Å². The lowest BCUT2D eigenvalue weighted by atomic mass is 9.98. The van der Waals surface area contributed by atoms with Crippen LogP contribution in [0.3, 0.4) is 0 Å². The van der Waals surface area contributed by atoms with Crippen molar-refractivity contribution in [3.63, 3.8) is 0 Å². The molecule has 0 saturated heterocycles. The predicted octanol–water partition coefficient (Wildman–Crippen LogP) is 10.0. The Labute approximate surface area is 342 Å². The second-order valence-electron chi connectivity index (χ2n) is 13.0. The number of hydrogen-bond donors (Lipinski definition) is 0. The van der Waals surface area contributed by atoms with Crippen molar-refractivity contribution in [2.45, 2.75) is 39.8 Å². The van der Waals surface area contributed by atoms with Crippen LogP contribution < -0.4 is 9.47 Å². The lowest BCUT2D eigenvalue weighted by molar-refractivity contribution is 0.414. The second kappa shape index (κ2) is 20.5. The van der Waals surface area contributed by atoms with Crippen molar-refractivity contribution in [2.75, 3.05) is 14.2 Å². The third-order valence-corrected chi connectivity index (χ3v) is 9.77. The number of aromatic nitrogens is 8. The molecule has 0 spiro atoms. The maximum atomic E-state index is 5.23. The van der Waals surface area contributed by atoms with Crippen LogP contribution in [0, 0.1) is 0 Å². The zero-order chi connectivity index (χ0) is 39.8. The fraction of sp³-hybridized carbons (Fsp3) is 0.174. The van der Waals surface area contributed by atoms with Crippen LogP contribution in [-0.2, 0) is 25.9 Å². The van der Waals surface area contributed by atoms with E-state index in [1.165, 1.54) is 11.1 Å². The van der Waals surface area contributed by atoms with Gasteiger partial charge >= 0.3 is 0 Å². The van der Waals surface area contributed by atoms with Gasteiger partial charge in [0.15, 0.2) is 11.6 Å². The summed E-state index contributed by atoms with van der Waals surface area (Å²) in [5.74, 6) is 3.20. The van der Waals surface area contributed by atoms with Gasteiger partial charge in [0.2, 0.25) is 0 Å². The van der Waals surface area contributed by atoms with Crippen LogP contribution in [0.4, 0.5) is 0 Å². The Kier molecular flexibility index (Phi) is 14.4. The number of methoxy groups -OCH3 is 2. The van der Waals surface area contributed by atoms with Crippen LogP contribution in [0.5, 0.6) is 11.5 Å². The molecular weight excluding hydrogens is 776 g/mol. The van der Waals surface area contributed by atoms with Crippen molar-refractivity contribution >= 4 is 15.9 Å². The quantitative estimate of drug-likeness (QED) is 0.127. The molecule has 11 heteroatoms. The van der Waals surface area contributed by atoms with Crippen LogP contribution in [0.15, 0.2) is 156 Å². The molecule has 0 aliphatic rings. The Bertz CT molecular complexity index is 2400. The molecule has 6 aromatic carbocycles. The Morgan fingerprint density at radius 1 is 0.456 bits per heavy atom. The maximum absolute atomic E-state index is 5.23. The van der Waals surface area contributed by atoms with Gasteiger partial charge in [0, 0.05) is 15.6 Å². The number of aryl methyl sites for hydroxylation is 2. The minimum absolute atomic E-state index is 0.593. The number of nitrogens with zero attached hydrogens (tertiary/aromatic N) is 8. The number of hydrogen-bond acceptors (Lipinski definition) is 8. The van der Waals surface area contributed by atoms with E-state index in [2.05, 4.69) is 121 Å². The van der Waals surface area contributed by atoms with E-state index >= 15 is 0 Å². The van der Waals surface area contributed by atoms with Gasteiger partial charge in [0.05, 0.1) is 27.3 Å². The Balaban J connectivity index is 0.000000164. The summed E-state index contributed by atoms with van der Waals surface area (Å²) < 4.78 is 15.2. The number of halogens is 1. The third kappa shape index (κ3) is 11.1. The molecule has 0 bridgehead atoms. The smallest absolute Gasteiger partial charge is 0.182 e. The van der Waals surface area contributed by atoms with Crippen molar-refractivity contribution in [3.05, 3.63) is 178 Å². The Morgan fingerprint density at radius 2 is 0.895 bits per heavy atom. The summed E-state index contributed by atoms with van der Waals surface area (Å²) in [6, 6.07) is 51.1. The third-order valence-electron chi connectivity index (χ3n) is 9.24. The molecule has 0 aliphatic carbocycles. The van der Waals surface area contributed by atoms with E-state index in [1.807, 2.05) is 95.7 Å². The van der Waals surface area contributed by atoms with E-state index in [4.69, 9.17) is 9.47 Å². The summed E-state index contributed by atoms with van der Waals surface area (Å²) in [4.78, 5) is 0. The first-order chi connectivity index (χ1) is 28.0. The minimum atomic E-state index is 0.593. The summed E-state index contributed by atoms with van der Waals surface area (Å²) in [6.45, 7) is 5.54. The highest BCUT2D eigenvalue weighted by molar-refractivity contribution is 9.10. The average molecular weight is 822 g/mol. The van der Waals surface area contributed by atoms with Crippen LogP contribution in [0.25, 0.3) is 33.9 Å². The van der Waals surface area contributed by atoms with Crippen molar-refractivity contribution in [2.24, 2.45) is 0 Å². The Morgan fingerprint density at radius 3 is 1.40 bits per heavy atom. The molecule has 0 amide bonds. The largest absolute Gasteiger partial charge is 0.497 e. The zero-order valence-corrected chi connectivity index (χ0v) is 34.1. The fourth-order valence-electron chi connectivity index (χ4n) is 5.99. The molecule has 0 unspecified atom stereocenters. The van der Waals surface area contributed by atoms with Crippen molar-refractivity contribution in [1.29, 1.82) is 0 Å². The SMILES string of the molecule is CCc1ccc(-c2ccccc2-c2nnnn2Cc2ccc(OC)cc2)cc1.CCc1ccc(Br)cc1.COc1ccc(Cn2nnnc2-c2ccccc2)cc1. The molecule has 8 rings (SSSR count). The monoisotopic (exact) mass is 820 g/mol. The predicted molar refractivity (Wildman–Crippen MR) is 229 cm³/mol. The highest BCUT2D eigenvalue weighted by atomic mass is 79.9. The average Bonchev–Trinajstić information content (AvgIpc) is 3.95. The van der Waals surface area contributed by atoms with Crippen LogP contribution >= 0.6 is 15.9 Å². The van der Waals surface area contributed by atoms with Gasteiger partial charge in [-0.3, -0.25) is 0 Å². The second-order valence-corrected chi connectivity index (χ2v) is 13.9. The van der Waals surface area contributed by atoms with E-state index in [0.29, 0.717) is 13.1 Å². The van der Waals surface area contributed by atoms with Gasteiger partial charge < -0.3 is 9.47 Å². The molecular formula is C46H45BrN8O2. The van der Waals surface area contributed by atoms with Crippen molar-refractivity contribution < 1.29 is 9.47 Å². The number of tetrazole rings is 2. The summed E-state index contributed by atoms with van der Waals surface area (Å²) in [7, 11) is 3.32. The lowest BCUT2D eigenvalue weighted by Gasteiger charge is -2.11. The molecule has 0 fully saturated rings. The summed E-state index contributed by atoms with van der Waals surface area (Å²) in [5, 5.41) is 24.4. The summed E-state index contributed by atoms with van der Waals surface area (Å²) in [5.41, 5.74) is 9.25. The van der Waals surface area contributed by atoms with Gasteiger partial charge in [-0.2, -0.15) is 0 Å². The fourth-order valence-corrected chi connectivity index (χ4v) is 6.25. The maximum Gasteiger partial charge on any atom is 0.182 e. The molecule has 2 heterocycles. The number of ether oxygens (including phenoxy) is 2. The van der Waals surface area contributed by atoms with Gasteiger partial charge in [-0.15, -0.1) is 10.2 Å². The van der Waals surface area contributed by atoms with Crippen LogP contribution in [-0.4, -0.2) is 54.6 Å². The first kappa shape index (κ1) is 40.2. The molecule has 0 atom stereocenters. The molecule has 0 N–H and O–H groups in total. The zero-order valence-electron chi connectivity index (χ0n) is 32.5. The van der Waals surface area contributed by atoms with Crippen LogP contribution in [0.1, 0.15) is 36.1 Å². The van der Waals surface area contributed by atoms with E-state index in [9.17, 15) is 0 Å². The van der Waals surface area contributed by atoms with E-state index < -0.39 is 0 Å². The van der Waals surface area contributed by atoms with Gasteiger partial charge in [-0.1, -0.05) is 145 Å². The van der Waals surface area contributed by atoms with Gasteiger partial charge in [-0.05, 0) is 103 Å².